The van der Waals surface area contributed by atoms with Crippen LogP contribution in [0.25, 0.3) is 10.8 Å². The summed E-state index contributed by atoms with van der Waals surface area (Å²) in [6.07, 6.45) is 2.06. The third-order valence-corrected chi connectivity index (χ3v) is 4.18. The van der Waals surface area contributed by atoms with E-state index in [0.717, 1.165) is 12.8 Å². The zero-order valence-corrected chi connectivity index (χ0v) is 14.4. The number of fused-ring (bicyclic) bond motifs is 1. The highest BCUT2D eigenvalue weighted by Gasteiger charge is 2.17. The number of carbonyl (C=O) groups excluding carboxylic acids is 1. The largest absolute Gasteiger partial charge is 0.481 e. The molecular formula is C20H25NO3. The molecular weight excluding hydrogens is 302 g/mol. The van der Waals surface area contributed by atoms with Crippen LogP contribution in [-0.2, 0) is 16.0 Å². The SMILES string of the molecule is CC(C)N(CCC(=O)O)C(=O)CCCc1ccc2ccccc2c1. The normalized spacial score (nSPS) is 11.0. The van der Waals surface area contributed by atoms with Crippen molar-refractivity contribution >= 4 is 22.6 Å². The zero-order chi connectivity index (χ0) is 17.5. The van der Waals surface area contributed by atoms with E-state index in [4.69, 9.17) is 5.11 Å². The Balaban J connectivity index is 1.88. The molecule has 0 bridgehead atoms. The summed E-state index contributed by atoms with van der Waals surface area (Å²) in [5, 5.41) is 11.2. The van der Waals surface area contributed by atoms with Gasteiger partial charge in [-0.3, -0.25) is 9.59 Å². The van der Waals surface area contributed by atoms with E-state index < -0.39 is 5.97 Å². The van der Waals surface area contributed by atoms with Crippen LogP contribution >= 0.6 is 0 Å². The maximum atomic E-state index is 12.3. The molecule has 0 saturated heterocycles. The molecule has 1 amide bonds. The molecule has 4 nitrogen and oxygen atoms in total. The Morgan fingerprint density at radius 2 is 1.75 bits per heavy atom. The molecule has 2 rings (SSSR count). The molecule has 0 spiro atoms. The molecule has 0 aromatic heterocycles. The first kappa shape index (κ1) is 18.0. The van der Waals surface area contributed by atoms with Crippen LogP contribution in [0.1, 0.15) is 38.7 Å². The van der Waals surface area contributed by atoms with Gasteiger partial charge in [0.1, 0.15) is 0 Å². The average molecular weight is 327 g/mol. The summed E-state index contributed by atoms with van der Waals surface area (Å²) >= 11 is 0. The van der Waals surface area contributed by atoms with Crippen LogP contribution in [0.2, 0.25) is 0 Å². The van der Waals surface area contributed by atoms with Crippen molar-refractivity contribution < 1.29 is 14.7 Å². The molecule has 0 saturated carbocycles. The molecule has 1 N–H and O–H groups in total. The molecule has 0 aliphatic carbocycles. The van der Waals surface area contributed by atoms with Crippen LogP contribution in [0.15, 0.2) is 42.5 Å². The van der Waals surface area contributed by atoms with Crippen LogP contribution in [-0.4, -0.2) is 34.5 Å². The Hall–Kier alpha value is -2.36. The summed E-state index contributed by atoms with van der Waals surface area (Å²) < 4.78 is 0. The predicted octanol–water partition coefficient (Wildman–Crippen LogP) is 3.87. The summed E-state index contributed by atoms with van der Waals surface area (Å²) in [6.45, 7) is 4.12. The van der Waals surface area contributed by atoms with Crippen molar-refractivity contribution in [2.45, 2.75) is 45.6 Å². The Bertz CT molecular complexity index is 709. The minimum atomic E-state index is -0.871. The fourth-order valence-electron chi connectivity index (χ4n) is 2.87. The lowest BCUT2D eigenvalue weighted by atomic mass is 10.0. The van der Waals surface area contributed by atoms with Gasteiger partial charge in [0.25, 0.3) is 0 Å². The number of carboxylic acids is 1. The smallest absolute Gasteiger partial charge is 0.305 e. The maximum Gasteiger partial charge on any atom is 0.305 e. The first-order chi connectivity index (χ1) is 11.5. The molecule has 0 atom stereocenters. The number of amides is 1. The van der Waals surface area contributed by atoms with Crippen molar-refractivity contribution in [3.05, 3.63) is 48.0 Å². The molecule has 2 aromatic carbocycles. The predicted molar refractivity (Wildman–Crippen MR) is 96.0 cm³/mol. The number of hydrogen-bond donors (Lipinski definition) is 1. The van der Waals surface area contributed by atoms with Gasteiger partial charge >= 0.3 is 5.97 Å². The van der Waals surface area contributed by atoms with Gasteiger partial charge in [-0.2, -0.15) is 0 Å². The van der Waals surface area contributed by atoms with Gasteiger partial charge in [-0.05, 0) is 43.0 Å². The number of carbonyl (C=O) groups is 2. The average Bonchev–Trinajstić information content (AvgIpc) is 2.54. The van der Waals surface area contributed by atoms with Gasteiger partial charge in [-0.15, -0.1) is 0 Å². The molecule has 2 aromatic rings. The van der Waals surface area contributed by atoms with Crippen LogP contribution < -0.4 is 0 Å². The van der Waals surface area contributed by atoms with Crippen molar-refractivity contribution in [3.63, 3.8) is 0 Å². The number of hydrogen-bond acceptors (Lipinski definition) is 2. The molecule has 0 radical (unpaired) electrons. The highest BCUT2D eigenvalue weighted by atomic mass is 16.4. The van der Waals surface area contributed by atoms with E-state index in [1.165, 1.54) is 16.3 Å². The lowest BCUT2D eigenvalue weighted by Crippen LogP contribution is -2.38. The highest BCUT2D eigenvalue weighted by molar-refractivity contribution is 5.83. The molecule has 0 aliphatic heterocycles. The minimum Gasteiger partial charge on any atom is -0.481 e. The number of aliphatic carboxylic acids is 1. The molecule has 128 valence electrons. The molecule has 0 heterocycles. The van der Waals surface area contributed by atoms with Crippen LogP contribution in [0.5, 0.6) is 0 Å². The number of rotatable bonds is 8. The first-order valence-electron chi connectivity index (χ1n) is 8.46. The topological polar surface area (TPSA) is 57.6 Å². The van der Waals surface area contributed by atoms with Gasteiger partial charge in [-0.1, -0.05) is 42.5 Å². The second kappa shape index (κ2) is 8.48. The summed E-state index contributed by atoms with van der Waals surface area (Å²) in [6, 6.07) is 14.7. The van der Waals surface area contributed by atoms with Crippen molar-refractivity contribution in [2.24, 2.45) is 0 Å². The van der Waals surface area contributed by atoms with E-state index in [-0.39, 0.29) is 24.9 Å². The third kappa shape index (κ3) is 5.08. The first-order valence-corrected chi connectivity index (χ1v) is 8.46. The van der Waals surface area contributed by atoms with E-state index in [2.05, 4.69) is 30.3 Å². The van der Waals surface area contributed by atoms with Gasteiger partial charge in [0, 0.05) is 19.0 Å². The Morgan fingerprint density at radius 3 is 2.42 bits per heavy atom. The van der Waals surface area contributed by atoms with E-state index >= 15 is 0 Å². The van der Waals surface area contributed by atoms with Crippen molar-refractivity contribution in [2.75, 3.05) is 6.54 Å². The Labute approximate surface area is 143 Å². The third-order valence-electron chi connectivity index (χ3n) is 4.18. The van der Waals surface area contributed by atoms with E-state index in [1.807, 2.05) is 26.0 Å². The van der Waals surface area contributed by atoms with E-state index in [1.54, 1.807) is 4.90 Å². The Morgan fingerprint density at radius 1 is 1.04 bits per heavy atom. The summed E-state index contributed by atoms with van der Waals surface area (Å²) in [4.78, 5) is 24.7. The summed E-state index contributed by atoms with van der Waals surface area (Å²) in [5.41, 5.74) is 1.23. The van der Waals surface area contributed by atoms with E-state index in [0.29, 0.717) is 6.42 Å². The second-order valence-electron chi connectivity index (χ2n) is 6.36. The molecule has 0 fully saturated rings. The summed E-state index contributed by atoms with van der Waals surface area (Å²) in [5.74, 6) is -0.836. The fourth-order valence-corrected chi connectivity index (χ4v) is 2.87. The number of carboxylic acid groups (broad SMARTS) is 1. The van der Waals surface area contributed by atoms with Crippen LogP contribution in [0, 0.1) is 0 Å². The van der Waals surface area contributed by atoms with Crippen molar-refractivity contribution in [1.29, 1.82) is 0 Å². The number of aryl methyl sites for hydroxylation is 1. The van der Waals surface area contributed by atoms with Crippen LogP contribution in [0.4, 0.5) is 0 Å². The van der Waals surface area contributed by atoms with Gasteiger partial charge in [0.15, 0.2) is 0 Å². The number of nitrogens with zero attached hydrogens (tertiary/aromatic N) is 1. The van der Waals surface area contributed by atoms with Gasteiger partial charge in [-0.25, -0.2) is 0 Å². The Kier molecular flexibility index (Phi) is 6.36. The molecule has 4 heteroatoms. The standard InChI is InChI=1S/C20H25NO3/c1-15(2)21(13-12-20(23)24)19(22)9-5-6-16-10-11-17-7-3-4-8-18(17)14-16/h3-4,7-8,10-11,14-15H,5-6,9,12-13H2,1-2H3,(H,23,24). The van der Waals surface area contributed by atoms with Gasteiger partial charge in [0.2, 0.25) is 5.91 Å². The summed E-state index contributed by atoms with van der Waals surface area (Å²) in [7, 11) is 0. The maximum absolute atomic E-state index is 12.3. The minimum absolute atomic E-state index is 0.00536. The lowest BCUT2D eigenvalue weighted by molar-refractivity contribution is -0.139. The monoisotopic (exact) mass is 327 g/mol. The van der Waals surface area contributed by atoms with E-state index in [9.17, 15) is 9.59 Å². The lowest BCUT2D eigenvalue weighted by Gasteiger charge is -2.26. The van der Waals surface area contributed by atoms with Crippen LogP contribution in [0.3, 0.4) is 0 Å². The highest BCUT2D eigenvalue weighted by Crippen LogP contribution is 2.17. The zero-order valence-electron chi connectivity index (χ0n) is 14.4. The molecule has 0 unspecified atom stereocenters. The van der Waals surface area contributed by atoms with Gasteiger partial charge in [0.05, 0.1) is 6.42 Å². The van der Waals surface area contributed by atoms with Gasteiger partial charge < -0.3 is 10.0 Å². The molecule has 24 heavy (non-hydrogen) atoms. The fraction of sp³-hybridized carbons (Fsp3) is 0.400. The molecule has 0 aliphatic rings. The van der Waals surface area contributed by atoms with Crippen molar-refractivity contribution in [1.82, 2.24) is 4.90 Å². The quantitative estimate of drug-likeness (QED) is 0.800. The number of benzene rings is 2. The second-order valence-corrected chi connectivity index (χ2v) is 6.36. The van der Waals surface area contributed by atoms with Crippen molar-refractivity contribution in [3.8, 4) is 0 Å².